The summed E-state index contributed by atoms with van der Waals surface area (Å²) in [5, 5.41) is 0. The van der Waals surface area contributed by atoms with Gasteiger partial charge in [-0.1, -0.05) is 6.07 Å². The molecule has 80 valence electrons. The lowest BCUT2D eigenvalue weighted by atomic mass is 9.86. The maximum atomic E-state index is 13.0. The van der Waals surface area contributed by atoms with Crippen molar-refractivity contribution in [1.82, 2.24) is 0 Å². The van der Waals surface area contributed by atoms with E-state index in [2.05, 4.69) is 0 Å². The first-order valence-corrected chi connectivity index (χ1v) is 5.11. The van der Waals surface area contributed by atoms with Crippen LogP contribution in [-0.2, 0) is 5.41 Å². The standard InChI is InChI=1S/C12H14FNO/c1-8(14)12(4-5-12)11-3-2-10(13)6-9(11)7-15/h2-3,6-8H,4-5,14H2,1H3. The van der Waals surface area contributed by atoms with Gasteiger partial charge in [0.2, 0.25) is 0 Å². The molecule has 1 aliphatic rings. The van der Waals surface area contributed by atoms with Crippen LogP contribution in [0.25, 0.3) is 0 Å². The summed E-state index contributed by atoms with van der Waals surface area (Å²) in [6.07, 6.45) is 2.68. The molecule has 3 heteroatoms. The molecule has 0 aliphatic heterocycles. The van der Waals surface area contributed by atoms with Gasteiger partial charge in [0, 0.05) is 17.0 Å². The highest BCUT2D eigenvalue weighted by atomic mass is 19.1. The minimum Gasteiger partial charge on any atom is -0.327 e. The molecule has 0 aromatic heterocycles. The quantitative estimate of drug-likeness (QED) is 0.770. The predicted molar refractivity (Wildman–Crippen MR) is 56.3 cm³/mol. The first-order chi connectivity index (χ1) is 7.10. The van der Waals surface area contributed by atoms with Gasteiger partial charge in [-0.05, 0) is 37.5 Å². The van der Waals surface area contributed by atoms with Crippen LogP contribution in [-0.4, -0.2) is 12.3 Å². The number of halogens is 1. The third-order valence-electron chi connectivity index (χ3n) is 3.34. The molecule has 0 bridgehead atoms. The van der Waals surface area contributed by atoms with Gasteiger partial charge < -0.3 is 5.73 Å². The van der Waals surface area contributed by atoms with Gasteiger partial charge in [-0.15, -0.1) is 0 Å². The number of carbonyl (C=O) groups is 1. The van der Waals surface area contributed by atoms with E-state index in [4.69, 9.17) is 5.73 Å². The monoisotopic (exact) mass is 207 g/mol. The van der Waals surface area contributed by atoms with Crippen molar-refractivity contribution in [3.05, 3.63) is 35.1 Å². The molecule has 1 aromatic carbocycles. The minimum absolute atomic E-state index is 0.00154. The van der Waals surface area contributed by atoms with Crippen molar-refractivity contribution in [2.75, 3.05) is 0 Å². The zero-order valence-electron chi connectivity index (χ0n) is 8.66. The minimum atomic E-state index is -0.374. The first kappa shape index (κ1) is 10.3. The Hall–Kier alpha value is -1.22. The highest BCUT2D eigenvalue weighted by Crippen LogP contribution is 2.51. The van der Waals surface area contributed by atoms with Gasteiger partial charge in [-0.25, -0.2) is 4.39 Å². The molecule has 2 N–H and O–H groups in total. The summed E-state index contributed by atoms with van der Waals surface area (Å²) in [7, 11) is 0. The van der Waals surface area contributed by atoms with Crippen LogP contribution >= 0.6 is 0 Å². The van der Waals surface area contributed by atoms with E-state index in [-0.39, 0.29) is 17.3 Å². The van der Waals surface area contributed by atoms with Crippen molar-refractivity contribution in [2.45, 2.75) is 31.2 Å². The van der Waals surface area contributed by atoms with E-state index in [1.54, 1.807) is 6.07 Å². The van der Waals surface area contributed by atoms with Crippen molar-refractivity contribution in [1.29, 1.82) is 0 Å². The predicted octanol–water partition coefficient (Wildman–Crippen LogP) is 2.02. The molecule has 15 heavy (non-hydrogen) atoms. The maximum Gasteiger partial charge on any atom is 0.150 e. The second-order valence-electron chi connectivity index (χ2n) is 4.29. The zero-order valence-corrected chi connectivity index (χ0v) is 8.66. The zero-order chi connectivity index (χ0) is 11.1. The average Bonchev–Trinajstić information content (AvgIpc) is 2.98. The van der Waals surface area contributed by atoms with Crippen LogP contribution in [0.2, 0.25) is 0 Å². The van der Waals surface area contributed by atoms with Crippen molar-refractivity contribution in [2.24, 2.45) is 5.73 Å². The largest absolute Gasteiger partial charge is 0.327 e. The summed E-state index contributed by atoms with van der Waals surface area (Å²) in [5.41, 5.74) is 7.16. The van der Waals surface area contributed by atoms with Gasteiger partial charge in [-0.2, -0.15) is 0 Å². The van der Waals surface area contributed by atoms with E-state index in [1.165, 1.54) is 12.1 Å². The van der Waals surface area contributed by atoms with Gasteiger partial charge >= 0.3 is 0 Å². The Kier molecular flexibility index (Phi) is 2.35. The molecule has 2 rings (SSSR count). The van der Waals surface area contributed by atoms with Gasteiger partial charge in [0.25, 0.3) is 0 Å². The normalized spacial score (nSPS) is 19.7. The van der Waals surface area contributed by atoms with Crippen LogP contribution in [0.1, 0.15) is 35.7 Å². The lowest BCUT2D eigenvalue weighted by Gasteiger charge is -2.21. The molecule has 1 aliphatic carbocycles. The second kappa shape index (κ2) is 3.42. The fourth-order valence-corrected chi connectivity index (χ4v) is 2.19. The van der Waals surface area contributed by atoms with E-state index < -0.39 is 0 Å². The van der Waals surface area contributed by atoms with E-state index in [9.17, 15) is 9.18 Å². The Morgan fingerprint density at radius 1 is 1.53 bits per heavy atom. The van der Waals surface area contributed by atoms with Crippen LogP contribution in [0.5, 0.6) is 0 Å². The number of benzene rings is 1. The van der Waals surface area contributed by atoms with E-state index in [0.29, 0.717) is 11.8 Å². The van der Waals surface area contributed by atoms with Crippen molar-refractivity contribution < 1.29 is 9.18 Å². The third kappa shape index (κ3) is 1.57. The lowest BCUT2D eigenvalue weighted by Crippen LogP contribution is -2.32. The summed E-state index contributed by atoms with van der Waals surface area (Å²) in [5.74, 6) is -0.374. The van der Waals surface area contributed by atoms with Gasteiger partial charge in [0.1, 0.15) is 12.1 Å². The van der Waals surface area contributed by atoms with Crippen molar-refractivity contribution in [3.8, 4) is 0 Å². The van der Waals surface area contributed by atoms with E-state index >= 15 is 0 Å². The molecule has 0 spiro atoms. The van der Waals surface area contributed by atoms with E-state index in [1.807, 2.05) is 6.92 Å². The van der Waals surface area contributed by atoms with E-state index in [0.717, 1.165) is 18.4 Å². The number of aldehydes is 1. The Balaban J connectivity index is 2.48. The number of hydrogen-bond acceptors (Lipinski definition) is 2. The van der Waals surface area contributed by atoms with Crippen LogP contribution in [0.4, 0.5) is 4.39 Å². The number of hydrogen-bond donors (Lipinski definition) is 1. The van der Waals surface area contributed by atoms with Crippen molar-refractivity contribution >= 4 is 6.29 Å². The Morgan fingerprint density at radius 3 is 2.67 bits per heavy atom. The van der Waals surface area contributed by atoms with Crippen LogP contribution in [0.3, 0.4) is 0 Å². The SMILES string of the molecule is CC(N)C1(c2ccc(F)cc2C=O)CC1. The smallest absolute Gasteiger partial charge is 0.150 e. The number of rotatable bonds is 3. The van der Waals surface area contributed by atoms with Crippen LogP contribution in [0, 0.1) is 5.82 Å². The Bertz CT molecular complexity index is 397. The summed E-state index contributed by atoms with van der Waals surface area (Å²) < 4.78 is 13.0. The van der Waals surface area contributed by atoms with Gasteiger partial charge in [0.05, 0.1) is 0 Å². The average molecular weight is 207 g/mol. The topological polar surface area (TPSA) is 43.1 Å². The third-order valence-corrected chi connectivity index (χ3v) is 3.34. The molecule has 0 heterocycles. The van der Waals surface area contributed by atoms with Crippen molar-refractivity contribution in [3.63, 3.8) is 0 Å². The summed E-state index contributed by atoms with van der Waals surface area (Å²) in [6.45, 7) is 1.94. The molecule has 1 fully saturated rings. The number of carbonyl (C=O) groups excluding carboxylic acids is 1. The molecule has 1 saturated carbocycles. The maximum absolute atomic E-state index is 13.0. The molecule has 0 saturated heterocycles. The number of nitrogens with two attached hydrogens (primary N) is 1. The first-order valence-electron chi connectivity index (χ1n) is 5.11. The molecular weight excluding hydrogens is 193 g/mol. The molecule has 2 nitrogen and oxygen atoms in total. The Labute approximate surface area is 88.3 Å². The van der Waals surface area contributed by atoms with Gasteiger partial charge in [-0.3, -0.25) is 4.79 Å². The molecule has 1 aromatic rings. The highest BCUT2D eigenvalue weighted by molar-refractivity contribution is 5.78. The summed E-state index contributed by atoms with van der Waals surface area (Å²) in [6, 6.07) is 4.37. The second-order valence-corrected chi connectivity index (χ2v) is 4.29. The fraction of sp³-hybridized carbons (Fsp3) is 0.417. The summed E-state index contributed by atoms with van der Waals surface area (Å²) >= 11 is 0. The summed E-state index contributed by atoms with van der Waals surface area (Å²) in [4.78, 5) is 10.9. The highest BCUT2D eigenvalue weighted by Gasteiger charge is 2.48. The molecule has 1 unspecified atom stereocenters. The molecule has 1 atom stereocenters. The Morgan fingerprint density at radius 2 is 2.20 bits per heavy atom. The molecular formula is C12H14FNO. The van der Waals surface area contributed by atoms with Gasteiger partial charge in [0.15, 0.2) is 0 Å². The lowest BCUT2D eigenvalue weighted by molar-refractivity contribution is 0.112. The molecule has 0 radical (unpaired) electrons. The van der Waals surface area contributed by atoms with Crippen LogP contribution < -0.4 is 5.73 Å². The van der Waals surface area contributed by atoms with Crippen LogP contribution in [0.15, 0.2) is 18.2 Å². The molecule has 0 amide bonds. The fourth-order valence-electron chi connectivity index (χ4n) is 2.19.